The van der Waals surface area contributed by atoms with E-state index in [1.807, 2.05) is 38.1 Å². The number of aromatic nitrogens is 3. The van der Waals surface area contributed by atoms with Crippen molar-refractivity contribution in [1.29, 1.82) is 0 Å². The summed E-state index contributed by atoms with van der Waals surface area (Å²) >= 11 is 0. The zero-order chi connectivity index (χ0) is 14.5. The zero-order valence-electron chi connectivity index (χ0n) is 12.1. The van der Waals surface area contributed by atoms with E-state index in [0.717, 1.165) is 11.4 Å². The van der Waals surface area contributed by atoms with Gasteiger partial charge in [0.1, 0.15) is 12.7 Å². The average Bonchev–Trinajstić information content (AvgIpc) is 2.92. The van der Waals surface area contributed by atoms with Gasteiger partial charge in [-0.05, 0) is 36.6 Å². The van der Waals surface area contributed by atoms with Crippen LogP contribution in [0.1, 0.15) is 20.3 Å². The lowest BCUT2D eigenvalue weighted by Gasteiger charge is -2.14. The Hall–Kier alpha value is -1.92. The predicted octanol–water partition coefficient (Wildman–Crippen LogP) is 2.00. The molecule has 1 aromatic heterocycles. The van der Waals surface area contributed by atoms with Crippen LogP contribution >= 0.6 is 12.4 Å². The van der Waals surface area contributed by atoms with E-state index in [4.69, 9.17) is 5.73 Å². The predicted molar refractivity (Wildman–Crippen MR) is 84.7 cm³/mol. The minimum Gasteiger partial charge on any atom is -0.325 e. The van der Waals surface area contributed by atoms with Gasteiger partial charge in [-0.3, -0.25) is 4.79 Å². The molecule has 0 saturated heterocycles. The fourth-order valence-electron chi connectivity index (χ4n) is 1.89. The molecule has 0 spiro atoms. The van der Waals surface area contributed by atoms with Crippen LogP contribution in [0.15, 0.2) is 36.9 Å². The number of nitrogens with zero attached hydrogens (tertiary/aromatic N) is 3. The summed E-state index contributed by atoms with van der Waals surface area (Å²) in [4.78, 5) is 15.8. The molecule has 3 N–H and O–H groups in total. The van der Waals surface area contributed by atoms with Crippen LogP contribution in [0.4, 0.5) is 5.69 Å². The second-order valence-electron chi connectivity index (χ2n) is 5.11. The maximum Gasteiger partial charge on any atom is 0.241 e. The summed E-state index contributed by atoms with van der Waals surface area (Å²) in [5.41, 5.74) is 7.44. The first-order valence-electron chi connectivity index (χ1n) is 6.58. The number of nitrogens with two attached hydrogens (primary N) is 1. The Morgan fingerprint density at radius 2 is 2.00 bits per heavy atom. The SMILES string of the molecule is CC(C)C[C@H](N)C(=O)Nc1ccc(-n2cncn2)cc1.Cl. The fraction of sp³-hybridized carbons (Fsp3) is 0.357. The molecule has 0 aliphatic carbocycles. The van der Waals surface area contributed by atoms with Gasteiger partial charge < -0.3 is 11.1 Å². The van der Waals surface area contributed by atoms with Crippen LogP contribution in [0.5, 0.6) is 0 Å². The lowest BCUT2D eigenvalue weighted by atomic mass is 10.0. The molecule has 21 heavy (non-hydrogen) atoms. The molecule has 1 atom stereocenters. The maximum atomic E-state index is 11.9. The normalized spacial score (nSPS) is 11.8. The first-order chi connectivity index (χ1) is 9.56. The molecule has 0 bridgehead atoms. The number of hydrogen-bond acceptors (Lipinski definition) is 4. The maximum absolute atomic E-state index is 11.9. The molecule has 0 unspecified atom stereocenters. The summed E-state index contributed by atoms with van der Waals surface area (Å²) in [7, 11) is 0. The Morgan fingerprint density at radius 3 is 2.52 bits per heavy atom. The largest absolute Gasteiger partial charge is 0.325 e. The molecule has 114 valence electrons. The number of carbonyl (C=O) groups is 1. The van der Waals surface area contributed by atoms with Gasteiger partial charge in [-0.1, -0.05) is 13.8 Å². The van der Waals surface area contributed by atoms with Crippen LogP contribution in [-0.2, 0) is 4.79 Å². The van der Waals surface area contributed by atoms with E-state index in [2.05, 4.69) is 15.4 Å². The number of amides is 1. The molecule has 2 rings (SSSR count). The van der Waals surface area contributed by atoms with Crippen LogP contribution in [0.3, 0.4) is 0 Å². The van der Waals surface area contributed by atoms with Gasteiger partial charge in [-0.2, -0.15) is 5.10 Å². The van der Waals surface area contributed by atoms with Crippen LogP contribution in [-0.4, -0.2) is 26.7 Å². The van der Waals surface area contributed by atoms with Gasteiger partial charge in [0, 0.05) is 5.69 Å². The molecular weight excluding hydrogens is 290 g/mol. The van der Waals surface area contributed by atoms with Crippen LogP contribution in [0.25, 0.3) is 5.69 Å². The minimum absolute atomic E-state index is 0. The van der Waals surface area contributed by atoms with Gasteiger partial charge in [0.15, 0.2) is 0 Å². The monoisotopic (exact) mass is 309 g/mol. The molecule has 2 aromatic rings. The number of rotatable bonds is 5. The molecule has 1 aromatic carbocycles. The van der Waals surface area contributed by atoms with Gasteiger partial charge in [-0.15, -0.1) is 12.4 Å². The van der Waals surface area contributed by atoms with E-state index in [1.54, 1.807) is 11.0 Å². The average molecular weight is 310 g/mol. The van der Waals surface area contributed by atoms with Crippen molar-refractivity contribution < 1.29 is 4.79 Å². The topological polar surface area (TPSA) is 85.8 Å². The Kier molecular flexibility index (Phi) is 6.33. The first-order valence-corrected chi connectivity index (χ1v) is 6.58. The third kappa shape index (κ3) is 4.84. The Balaban J connectivity index is 0.00000220. The molecule has 0 aliphatic heterocycles. The van der Waals surface area contributed by atoms with E-state index in [0.29, 0.717) is 12.3 Å². The zero-order valence-corrected chi connectivity index (χ0v) is 12.9. The van der Waals surface area contributed by atoms with Crippen LogP contribution in [0.2, 0.25) is 0 Å². The Bertz CT molecular complexity index is 553. The minimum atomic E-state index is -0.481. The summed E-state index contributed by atoms with van der Waals surface area (Å²) in [6, 6.07) is 6.87. The van der Waals surface area contributed by atoms with E-state index < -0.39 is 6.04 Å². The molecule has 0 radical (unpaired) electrons. The fourth-order valence-corrected chi connectivity index (χ4v) is 1.89. The molecule has 1 heterocycles. The summed E-state index contributed by atoms with van der Waals surface area (Å²) in [6.45, 7) is 4.08. The quantitative estimate of drug-likeness (QED) is 0.884. The Morgan fingerprint density at radius 1 is 1.33 bits per heavy atom. The van der Waals surface area contributed by atoms with E-state index in [1.165, 1.54) is 6.33 Å². The first kappa shape index (κ1) is 17.1. The molecule has 7 heteroatoms. The van der Waals surface area contributed by atoms with E-state index in [-0.39, 0.29) is 18.3 Å². The second kappa shape index (κ2) is 7.75. The van der Waals surface area contributed by atoms with E-state index >= 15 is 0 Å². The molecule has 0 fully saturated rings. The molecule has 0 saturated carbocycles. The Labute approximate surface area is 130 Å². The van der Waals surface area contributed by atoms with Crippen molar-refractivity contribution in [3.63, 3.8) is 0 Å². The number of carbonyl (C=O) groups excluding carboxylic acids is 1. The van der Waals surface area contributed by atoms with Gasteiger partial charge in [0.25, 0.3) is 0 Å². The molecule has 6 nitrogen and oxygen atoms in total. The van der Waals surface area contributed by atoms with E-state index in [9.17, 15) is 4.79 Å². The van der Waals surface area contributed by atoms with Crippen molar-refractivity contribution in [1.82, 2.24) is 14.8 Å². The van der Waals surface area contributed by atoms with Crippen LogP contribution in [0, 0.1) is 5.92 Å². The van der Waals surface area contributed by atoms with Gasteiger partial charge in [0.05, 0.1) is 11.7 Å². The number of anilines is 1. The third-order valence-electron chi connectivity index (χ3n) is 2.88. The molecule has 1 amide bonds. The highest BCUT2D eigenvalue weighted by atomic mass is 35.5. The van der Waals surface area contributed by atoms with Crippen molar-refractivity contribution in [2.75, 3.05) is 5.32 Å². The van der Waals surface area contributed by atoms with Gasteiger partial charge in [0.2, 0.25) is 5.91 Å². The highest BCUT2D eigenvalue weighted by Crippen LogP contribution is 2.13. The number of halogens is 1. The van der Waals surface area contributed by atoms with Crippen molar-refractivity contribution in [3.05, 3.63) is 36.9 Å². The summed E-state index contributed by atoms with van der Waals surface area (Å²) in [5, 5.41) is 6.85. The van der Waals surface area contributed by atoms with Crippen molar-refractivity contribution in [2.45, 2.75) is 26.3 Å². The molecule has 0 aliphatic rings. The number of hydrogen-bond donors (Lipinski definition) is 2. The van der Waals surface area contributed by atoms with Crippen LogP contribution < -0.4 is 11.1 Å². The highest BCUT2D eigenvalue weighted by Gasteiger charge is 2.14. The van der Waals surface area contributed by atoms with Gasteiger partial charge >= 0.3 is 0 Å². The third-order valence-corrected chi connectivity index (χ3v) is 2.88. The second-order valence-corrected chi connectivity index (χ2v) is 5.11. The standard InChI is InChI=1S/C14H19N5O.ClH/c1-10(2)7-13(15)14(20)18-11-3-5-12(6-4-11)19-9-16-8-17-19;/h3-6,8-10,13H,7,15H2,1-2H3,(H,18,20);1H/t13-;/m0./s1. The summed E-state index contributed by atoms with van der Waals surface area (Å²) < 4.78 is 1.65. The van der Waals surface area contributed by atoms with Gasteiger partial charge in [-0.25, -0.2) is 9.67 Å². The summed E-state index contributed by atoms with van der Waals surface area (Å²) in [5.74, 6) is 0.234. The van der Waals surface area contributed by atoms with Crippen molar-refractivity contribution >= 4 is 24.0 Å². The highest BCUT2D eigenvalue weighted by molar-refractivity contribution is 5.94. The number of nitrogens with one attached hydrogen (secondary N) is 1. The number of benzene rings is 1. The summed E-state index contributed by atoms with van der Waals surface area (Å²) in [6.07, 6.45) is 3.76. The lowest BCUT2D eigenvalue weighted by molar-refractivity contribution is -0.117. The lowest BCUT2D eigenvalue weighted by Crippen LogP contribution is -2.36. The smallest absolute Gasteiger partial charge is 0.241 e. The molecular formula is C14H20ClN5O. The van der Waals surface area contributed by atoms with Crippen molar-refractivity contribution in [3.8, 4) is 5.69 Å². The van der Waals surface area contributed by atoms with Crippen molar-refractivity contribution in [2.24, 2.45) is 11.7 Å².